The highest BCUT2D eigenvalue weighted by Crippen LogP contribution is 2.39. The Bertz CT molecular complexity index is 1010. The van der Waals surface area contributed by atoms with Crippen molar-refractivity contribution in [2.24, 2.45) is 0 Å². The van der Waals surface area contributed by atoms with Gasteiger partial charge in [0.2, 0.25) is 0 Å². The van der Waals surface area contributed by atoms with E-state index < -0.39 is 40.8 Å². The normalized spacial score (nSPS) is 18.1. The van der Waals surface area contributed by atoms with Crippen molar-refractivity contribution in [1.29, 1.82) is 0 Å². The van der Waals surface area contributed by atoms with Crippen LogP contribution in [0.25, 0.3) is 5.76 Å². The molecule has 0 aromatic heterocycles. The summed E-state index contributed by atoms with van der Waals surface area (Å²) in [4.78, 5) is 47.6. The van der Waals surface area contributed by atoms with E-state index in [0.717, 1.165) is 4.90 Å². The lowest BCUT2D eigenvalue weighted by molar-refractivity contribution is -0.384. The number of ketones is 1. The number of benzene rings is 2. The lowest BCUT2D eigenvalue weighted by Crippen LogP contribution is -2.31. The van der Waals surface area contributed by atoms with Crippen LogP contribution in [0.15, 0.2) is 60.2 Å². The van der Waals surface area contributed by atoms with Crippen LogP contribution in [0.1, 0.15) is 23.6 Å². The number of nitro groups is 1. The molecule has 1 fully saturated rings. The molecular weight excluding hydrogens is 380 g/mol. The second-order valence-electron chi connectivity index (χ2n) is 6.35. The van der Waals surface area contributed by atoms with Gasteiger partial charge in [0.05, 0.1) is 23.0 Å². The fourth-order valence-corrected chi connectivity index (χ4v) is 3.20. The topological polar surface area (TPSA) is 138 Å². The molecular formula is C20H16N2O7. The molecule has 3 rings (SSSR count). The van der Waals surface area contributed by atoms with Gasteiger partial charge in [0, 0.05) is 24.2 Å². The molecule has 1 aliphatic heterocycles. The minimum atomic E-state index is -1.16. The number of likely N-dealkylation sites (tertiary alicyclic amines) is 1. The molecule has 0 bridgehead atoms. The first-order chi connectivity index (χ1) is 13.8. The molecule has 2 N–H and O–H groups in total. The summed E-state index contributed by atoms with van der Waals surface area (Å²) in [5.74, 6) is -3.44. The summed E-state index contributed by atoms with van der Waals surface area (Å²) in [6, 6.07) is 12.3. The van der Waals surface area contributed by atoms with Crippen LogP contribution in [0.3, 0.4) is 0 Å². The monoisotopic (exact) mass is 396 g/mol. The molecule has 0 saturated carbocycles. The zero-order chi connectivity index (χ0) is 21.1. The Morgan fingerprint density at radius 3 is 2.21 bits per heavy atom. The molecule has 0 unspecified atom stereocenters. The van der Waals surface area contributed by atoms with E-state index in [0.29, 0.717) is 11.1 Å². The van der Waals surface area contributed by atoms with Gasteiger partial charge in [0.25, 0.3) is 17.4 Å². The lowest BCUT2D eigenvalue weighted by atomic mass is 9.95. The minimum Gasteiger partial charge on any atom is -0.507 e. The third-order valence-electron chi connectivity index (χ3n) is 4.57. The molecule has 148 valence electrons. The summed E-state index contributed by atoms with van der Waals surface area (Å²) >= 11 is 0. The van der Waals surface area contributed by atoms with Crippen LogP contribution in [-0.2, 0) is 14.4 Å². The van der Waals surface area contributed by atoms with E-state index in [4.69, 9.17) is 5.11 Å². The molecule has 0 radical (unpaired) electrons. The maximum atomic E-state index is 12.7. The van der Waals surface area contributed by atoms with E-state index >= 15 is 0 Å². The third-order valence-corrected chi connectivity index (χ3v) is 4.57. The maximum Gasteiger partial charge on any atom is 0.305 e. The van der Waals surface area contributed by atoms with E-state index in [9.17, 15) is 29.6 Å². The van der Waals surface area contributed by atoms with Crippen LogP contribution in [0.5, 0.6) is 0 Å². The van der Waals surface area contributed by atoms with Gasteiger partial charge >= 0.3 is 5.97 Å². The number of carbonyl (C=O) groups excluding carboxylic acids is 2. The average molecular weight is 396 g/mol. The number of aliphatic hydroxyl groups is 1. The summed E-state index contributed by atoms with van der Waals surface area (Å²) in [6.45, 7) is -0.257. The highest BCUT2D eigenvalue weighted by atomic mass is 16.6. The Labute approximate surface area is 164 Å². The fraction of sp³-hybridized carbons (Fsp3) is 0.150. The van der Waals surface area contributed by atoms with Crippen molar-refractivity contribution in [3.63, 3.8) is 0 Å². The molecule has 1 atom stereocenters. The van der Waals surface area contributed by atoms with Crippen molar-refractivity contribution in [3.05, 3.63) is 81.4 Å². The van der Waals surface area contributed by atoms with Crippen molar-refractivity contribution in [3.8, 4) is 0 Å². The smallest absolute Gasteiger partial charge is 0.305 e. The quantitative estimate of drug-likeness (QED) is 0.251. The second-order valence-corrected chi connectivity index (χ2v) is 6.35. The zero-order valence-electron chi connectivity index (χ0n) is 15.0. The van der Waals surface area contributed by atoms with Crippen molar-refractivity contribution >= 4 is 29.1 Å². The van der Waals surface area contributed by atoms with Crippen molar-refractivity contribution < 1.29 is 29.5 Å². The van der Waals surface area contributed by atoms with Gasteiger partial charge in [-0.05, 0) is 17.7 Å². The molecule has 9 heteroatoms. The summed E-state index contributed by atoms with van der Waals surface area (Å²) in [6.07, 6.45) is -0.401. The van der Waals surface area contributed by atoms with Crippen molar-refractivity contribution in [2.45, 2.75) is 12.5 Å². The first-order valence-electron chi connectivity index (χ1n) is 8.61. The van der Waals surface area contributed by atoms with Gasteiger partial charge in [-0.1, -0.05) is 30.3 Å². The number of carboxylic acids is 1. The second kappa shape index (κ2) is 7.93. The number of non-ortho nitro benzene ring substituents is 1. The van der Waals surface area contributed by atoms with E-state index in [1.807, 2.05) is 0 Å². The van der Waals surface area contributed by atoms with Crippen LogP contribution in [0.4, 0.5) is 5.69 Å². The van der Waals surface area contributed by atoms with Gasteiger partial charge in [0.15, 0.2) is 0 Å². The molecule has 2 aromatic carbocycles. The van der Waals surface area contributed by atoms with Gasteiger partial charge < -0.3 is 15.1 Å². The summed E-state index contributed by atoms with van der Waals surface area (Å²) < 4.78 is 0. The number of carbonyl (C=O) groups is 3. The van der Waals surface area contributed by atoms with E-state index in [-0.39, 0.29) is 17.8 Å². The Hall–Kier alpha value is -4.01. The molecule has 9 nitrogen and oxygen atoms in total. The molecule has 2 aromatic rings. The summed E-state index contributed by atoms with van der Waals surface area (Å²) in [7, 11) is 0. The minimum absolute atomic E-state index is 0.181. The largest absolute Gasteiger partial charge is 0.507 e. The number of aliphatic carboxylic acids is 1. The van der Waals surface area contributed by atoms with E-state index in [2.05, 4.69) is 0 Å². The zero-order valence-corrected chi connectivity index (χ0v) is 15.0. The van der Waals surface area contributed by atoms with Crippen LogP contribution in [-0.4, -0.2) is 44.2 Å². The molecule has 1 aliphatic rings. The molecule has 1 saturated heterocycles. The first-order valence-corrected chi connectivity index (χ1v) is 8.61. The molecule has 0 spiro atoms. The molecule has 0 aliphatic carbocycles. The Morgan fingerprint density at radius 2 is 1.66 bits per heavy atom. The number of Topliss-reactive ketones (excluding diaryl/α,β-unsaturated/α-hetero) is 1. The summed E-state index contributed by atoms with van der Waals surface area (Å²) in [5.41, 5.74) is 0.285. The lowest BCUT2D eigenvalue weighted by Gasteiger charge is -2.24. The number of nitro benzene ring substituents is 1. The number of rotatable bonds is 6. The van der Waals surface area contributed by atoms with Crippen LogP contribution in [0, 0.1) is 10.1 Å². The summed E-state index contributed by atoms with van der Waals surface area (Å²) in [5, 5.41) is 30.6. The highest BCUT2D eigenvalue weighted by Gasteiger charge is 2.46. The number of aliphatic hydroxyl groups excluding tert-OH is 1. The SMILES string of the molecule is O=C(O)CCN1C(=O)C(=O)C(=C(O)c2ccccc2)[C@H]1c1ccc([N+](=O)[O-])cc1. The van der Waals surface area contributed by atoms with Gasteiger partial charge in [0.1, 0.15) is 5.76 Å². The molecule has 29 heavy (non-hydrogen) atoms. The van der Waals surface area contributed by atoms with Crippen LogP contribution in [0.2, 0.25) is 0 Å². The van der Waals surface area contributed by atoms with Crippen molar-refractivity contribution in [2.75, 3.05) is 6.54 Å². The van der Waals surface area contributed by atoms with E-state index in [1.54, 1.807) is 30.3 Å². The van der Waals surface area contributed by atoms with E-state index in [1.165, 1.54) is 24.3 Å². The first kappa shape index (κ1) is 19.7. The molecule has 1 heterocycles. The van der Waals surface area contributed by atoms with Gasteiger partial charge in [-0.15, -0.1) is 0 Å². The maximum absolute atomic E-state index is 12.7. The Kier molecular flexibility index (Phi) is 5.40. The predicted molar refractivity (Wildman–Crippen MR) is 101 cm³/mol. The van der Waals surface area contributed by atoms with Crippen LogP contribution >= 0.6 is 0 Å². The number of hydrogen-bond donors (Lipinski definition) is 2. The fourth-order valence-electron chi connectivity index (χ4n) is 3.20. The average Bonchev–Trinajstić information content (AvgIpc) is 2.97. The highest BCUT2D eigenvalue weighted by molar-refractivity contribution is 6.46. The standard InChI is InChI=1S/C20H16N2O7/c23-15(24)10-11-21-17(12-6-8-14(9-7-12)22(28)29)16(19(26)20(21)27)18(25)13-4-2-1-3-5-13/h1-9,17,25H,10-11H2,(H,23,24)/t17-/m1/s1. The van der Waals surface area contributed by atoms with Gasteiger partial charge in [-0.3, -0.25) is 24.5 Å². The van der Waals surface area contributed by atoms with Crippen LogP contribution < -0.4 is 0 Å². The predicted octanol–water partition coefficient (Wildman–Crippen LogP) is 2.49. The number of hydrogen-bond acceptors (Lipinski definition) is 6. The van der Waals surface area contributed by atoms with Gasteiger partial charge in [-0.25, -0.2) is 0 Å². The van der Waals surface area contributed by atoms with Crippen molar-refractivity contribution in [1.82, 2.24) is 4.90 Å². The van der Waals surface area contributed by atoms with Gasteiger partial charge in [-0.2, -0.15) is 0 Å². The number of amides is 1. The number of nitrogens with zero attached hydrogens (tertiary/aromatic N) is 2. The Morgan fingerprint density at radius 1 is 1.03 bits per heavy atom. The number of carboxylic acid groups (broad SMARTS) is 1. The third kappa shape index (κ3) is 3.84. The molecule has 1 amide bonds. The Balaban J connectivity index is 2.14.